The Morgan fingerprint density at radius 2 is 1.94 bits per heavy atom. The number of hydrogen-bond donors (Lipinski definition) is 2. The average Bonchev–Trinajstić information content (AvgIpc) is 3.38. The highest BCUT2D eigenvalue weighted by Crippen LogP contribution is 2.57. The lowest BCUT2D eigenvalue weighted by molar-refractivity contribution is -0.132. The van der Waals surface area contributed by atoms with E-state index in [2.05, 4.69) is 20.6 Å². The number of fused-ring (bicyclic) bond motifs is 1. The van der Waals surface area contributed by atoms with Gasteiger partial charge in [0.2, 0.25) is 5.91 Å². The summed E-state index contributed by atoms with van der Waals surface area (Å²) < 4.78 is 40.3. The Labute approximate surface area is 203 Å². The minimum absolute atomic E-state index is 0.0182. The second kappa shape index (κ2) is 8.20. The second-order valence-corrected chi connectivity index (χ2v) is 10.5. The van der Waals surface area contributed by atoms with Gasteiger partial charge in [-0.05, 0) is 56.6 Å². The van der Waals surface area contributed by atoms with Crippen molar-refractivity contribution in [1.82, 2.24) is 15.3 Å². The first-order valence-corrected chi connectivity index (χ1v) is 12.4. The number of halogens is 2. The van der Waals surface area contributed by atoms with Crippen LogP contribution in [-0.4, -0.2) is 34.6 Å². The van der Waals surface area contributed by atoms with Crippen LogP contribution in [0.25, 0.3) is 0 Å². The van der Waals surface area contributed by atoms with Crippen LogP contribution >= 0.6 is 0 Å². The summed E-state index contributed by atoms with van der Waals surface area (Å²) in [5, 5.41) is 6.60. The lowest BCUT2D eigenvalue weighted by Crippen LogP contribution is -2.68. The molecule has 0 spiro atoms. The zero-order chi connectivity index (χ0) is 24.4. The van der Waals surface area contributed by atoms with Crippen LogP contribution in [0.5, 0.6) is 0 Å². The van der Waals surface area contributed by atoms with Gasteiger partial charge in [-0.3, -0.25) is 4.79 Å². The van der Waals surface area contributed by atoms with E-state index in [1.807, 2.05) is 13.0 Å². The van der Waals surface area contributed by atoms with E-state index in [4.69, 9.17) is 9.47 Å². The second-order valence-electron chi connectivity index (χ2n) is 10.5. The molecule has 1 aromatic heterocycles. The molecule has 2 N–H and O–H groups in total. The Morgan fingerprint density at radius 3 is 2.63 bits per heavy atom. The van der Waals surface area contributed by atoms with Crippen molar-refractivity contribution in [3.63, 3.8) is 0 Å². The van der Waals surface area contributed by atoms with Crippen molar-refractivity contribution >= 4 is 11.7 Å². The maximum Gasteiger partial charge on any atom is 0.273 e. The van der Waals surface area contributed by atoms with Gasteiger partial charge >= 0.3 is 0 Å². The number of alkyl halides is 2. The van der Waals surface area contributed by atoms with Crippen LogP contribution in [0, 0.1) is 12.8 Å². The Morgan fingerprint density at radius 1 is 1.20 bits per heavy atom. The summed E-state index contributed by atoms with van der Waals surface area (Å²) in [5.41, 5.74) is 2.76. The van der Waals surface area contributed by atoms with Crippen LogP contribution in [0.4, 0.5) is 14.6 Å². The first-order valence-electron chi connectivity index (χ1n) is 12.4. The molecule has 1 saturated heterocycles. The molecule has 1 aromatic carbocycles. The molecule has 35 heavy (non-hydrogen) atoms. The number of ether oxygens (including phenoxy) is 2. The van der Waals surface area contributed by atoms with Crippen LogP contribution < -0.4 is 10.6 Å². The van der Waals surface area contributed by atoms with Gasteiger partial charge in [-0.2, -0.15) is 0 Å². The van der Waals surface area contributed by atoms with Crippen LogP contribution in [0.2, 0.25) is 0 Å². The van der Waals surface area contributed by atoms with Gasteiger partial charge < -0.3 is 20.1 Å². The summed E-state index contributed by atoms with van der Waals surface area (Å²) in [4.78, 5) is 22.1. The van der Waals surface area contributed by atoms with Gasteiger partial charge in [0.25, 0.3) is 5.92 Å². The molecular weight excluding hydrogens is 454 g/mol. The fourth-order valence-corrected chi connectivity index (χ4v) is 6.11. The number of aromatic nitrogens is 2. The van der Waals surface area contributed by atoms with Gasteiger partial charge in [-0.25, -0.2) is 18.7 Å². The highest BCUT2D eigenvalue weighted by molar-refractivity contribution is 5.80. The third kappa shape index (κ3) is 3.98. The number of carbonyl (C=O) groups excluding carboxylic acids is 1. The third-order valence-corrected chi connectivity index (χ3v) is 7.88. The minimum atomic E-state index is -2.80. The summed E-state index contributed by atoms with van der Waals surface area (Å²) in [5.74, 6) is -1.08. The van der Waals surface area contributed by atoms with Crippen molar-refractivity contribution in [3.05, 3.63) is 52.0 Å². The molecule has 3 saturated carbocycles. The molecule has 7 nitrogen and oxygen atoms in total. The average molecular weight is 485 g/mol. The standard InChI is InChI=1S/C26H30F2N4O3/c1-14(17-4-3-5-19-18(17)6-7-26(19,27)28)29-23-22(24-34-8-9-35-24)20(30-15(2)31-23)10-21(33)32-25-11-16(12-25)13-25/h3-5,14,16,24H,6-13H2,1-2H3,(H,32,33)(H,29,30,31)/t14-,16?,25?/m1/s1. The number of benzene rings is 1. The molecule has 0 radical (unpaired) electrons. The summed E-state index contributed by atoms with van der Waals surface area (Å²) in [6.07, 6.45) is 2.77. The number of nitrogens with one attached hydrogen (secondary N) is 2. The van der Waals surface area contributed by atoms with Crippen molar-refractivity contribution in [2.75, 3.05) is 18.5 Å². The monoisotopic (exact) mass is 484 g/mol. The number of anilines is 1. The van der Waals surface area contributed by atoms with Crippen molar-refractivity contribution in [3.8, 4) is 0 Å². The van der Waals surface area contributed by atoms with Crippen LogP contribution in [0.3, 0.4) is 0 Å². The van der Waals surface area contributed by atoms with Gasteiger partial charge in [-0.1, -0.05) is 18.2 Å². The third-order valence-electron chi connectivity index (χ3n) is 7.88. The fourth-order valence-electron chi connectivity index (χ4n) is 6.11. The lowest BCUT2D eigenvalue weighted by Gasteiger charge is -2.61. The van der Waals surface area contributed by atoms with Crippen molar-refractivity contribution in [2.45, 2.75) is 76.2 Å². The Bertz CT molecular complexity index is 1160. The molecule has 1 atom stereocenters. The Balaban J connectivity index is 1.30. The normalized spacial score (nSPS) is 27.0. The molecule has 1 amide bonds. The van der Waals surface area contributed by atoms with E-state index in [9.17, 15) is 13.6 Å². The number of nitrogens with zero attached hydrogens (tertiary/aromatic N) is 2. The van der Waals surface area contributed by atoms with Crippen LogP contribution in [0.15, 0.2) is 18.2 Å². The molecule has 2 aromatic rings. The van der Waals surface area contributed by atoms with E-state index in [0.29, 0.717) is 48.1 Å². The lowest BCUT2D eigenvalue weighted by atomic mass is 9.50. The smallest absolute Gasteiger partial charge is 0.273 e. The van der Waals surface area contributed by atoms with E-state index >= 15 is 0 Å². The predicted molar refractivity (Wildman–Crippen MR) is 124 cm³/mol. The van der Waals surface area contributed by atoms with Crippen molar-refractivity contribution in [1.29, 1.82) is 0 Å². The van der Waals surface area contributed by atoms with Crippen LogP contribution in [0.1, 0.15) is 78.7 Å². The SMILES string of the molecule is Cc1nc(CC(=O)NC23CC(C2)C3)c(C2OCCO2)c(N[C@H](C)c2cccc3c2CCC3(F)F)n1. The quantitative estimate of drug-likeness (QED) is 0.611. The molecule has 1 aliphatic heterocycles. The first kappa shape index (κ1) is 22.8. The highest BCUT2D eigenvalue weighted by atomic mass is 19.3. The zero-order valence-corrected chi connectivity index (χ0v) is 20.0. The molecule has 4 fully saturated rings. The van der Waals surface area contributed by atoms with Gasteiger partial charge in [-0.15, -0.1) is 0 Å². The van der Waals surface area contributed by atoms with E-state index in [0.717, 1.165) is 30.7 Å². The van der Waals surface area contributed by atoms with Crippen molar-refractivity contribution < 1.29 is 23.0 Å². The maximum atomic E-state index is 14.3. The molecule has 9 heteroatoms. The first-order chi connectivity index (χ1) is 16.7. The predicted octanol–water partition coefficient (Wildman–Crippen LogP) is 4.25. The van der Waals surface area contributed by atoms with Gasteiger partial charge in [0.05, 0.1) is 36.9 Å². The molecule has 2 heterocycles. The minimum Gasteiger partial charge on any atom is -0.363 e. The molecular formula is C26H30F2N4O3. The van der Waals surface area contributed by atoms with Crippen molar-refractivity contribution in [2.24, 2.45) is 5.92 Å². The molecule has 186 valence electrons. The summed E-state index contributed by atoms with van der Waals surface area (Å²) >= 11 is 0. The summed E-state index contributed by atoms with van der Waals surface area (Å²) in [6.45, 7) is 4.58. The number of hydrogen-bond acceptors (Lipinski definition) is 6. The number of rotatable bonds is 7. The topological polar surface area (TPSA) is 85.4 Å². The molecule has 2 bridgehead atoms. The Hall–Kier alpha value is -2.65. The number of carbonyl (C=O) groups is 1. The summed E-state index contributed by atoms with van der Waals surface area (Å²) in [6, 6.07) is 4.78. The number of amides is 1. The molecule has 4 aliphatic carbocycles. The highest BCUT2D eigenvalue weighted by Gasteiger charge is 2.57. The van der Waals surface area contributed by atoms with Crippen LogP contribution in [-0.2, 0) is 33.0 Å². The van der Waals surface area contributed by atoms with E-state index < -0.39 is 12.2 Å². The Kier molecular flexibility index (Phi) is 5.34. The maximum absolute atomic E-state index is 14.3. The summed E-state index contributed by atoms with van der Waals surface area (Å²) in [7, 11) is 0. The van der Waals surface area contributed by atoms with Gasteiger partial charge in [0.15, 0.2) is 6.29 Å². The van der Waals surface area contributed by atoms with E-state index in [1.54, 1.807) is 13.0 Å². The molecule has 0 unspecified atom stereocenters. The van der Waals surface area contributed by atoms with Gasteiger partial charge in [0, 0.05) is 17.5 Å². The zero-order valence-electron chi connectivity index (χ0n) is 20.0. The molecule has 5 aliphatic rings. The largest absolute Gasteiger partial charge is 0.363 e. The van der Waals surface area contributed by atoms with Gasteiger partial charge in [0.1, 0.15) is 11.6 Å². The molecule has 7 rings (SSSR count). The fraction of sp³-hybridized carbons (Fsp3) is 0.577. The van der Waals surface area contributed by atoms with E-state index in [1.165, 1.54) is 6.07 Å². The van der Waals surface area contributed by atoms with E-state index in [-0.39, 0.29) is 35.9 Å². The number of aryl methyl sites for hydroxylation is 1.